The molecule has 3 aromatic carbocycles. The lowest BCUT2D eigenvalue weighted by Crippen LogP contribution is -2.31. The lowest BCUT2D eigenvalue weighted by Gasteiger charge is -2.17. The van der Waals surface area contributed by atoms with Gasteiger partial charge in [0.25, 0.3) is 5.91 Å². The molecule has 0 unspecified atom stereocenters. The highest BCUT2D eigenvalue weighted by Gasteiger charge is 2.18. The lowest BCUT2D eigenvalue weighted by atomic mass is 10.1. The minimum absolute atomic E-state index is 0.0159. The molecule has 7 nitrogen and oxygen atoms in total. The Hall–Kier alpha value is -3.86. The average molecular weight is 520 g/mol. The molecule has 0 bridgehead atoms. The molecule has 0 saturated heterocycles. The zero-order chi connectivity index (χ0) is 25.8. The second kappa shape index (κ2) is 10.8. The summed E-state index contributed by atoms with van der Waals surface area (Å²) in [5, 5.41) is 18.9. The molecule has 0 aliphatic rings. The van der Waals surface area contributed by atoms with Gasteiger partial charge in [-0.25, -0.2) is 0 Å². The first-order valence-electron chi connectivity index (χ1n) is 11.3. The molecule has 182 valence electrons. The van der Waals surface area contributed by atoms with E-state index in [1.807, 2.05) is 12.1 Å². The number of benzene rings is 3. The molecule has 4 rings (SSSR count). The Morgan fingerprint density at radius 3 is 2.44 bits per heavy atom. The summed E-state index contributed by atoms with van der Waals surface area (Å²) in [5.41, 5.74) is 2.90. The van der Waals surface area contributed by atoms with Crippen LogP contribution >= 0.6 is 23.2 Å². The van der Waals surface area contributed by atoms with Gasteiger partial charge in [-0.1, -0.05) is 35.3 Å². The number of nitriles is 1. The third kappa shape index (κ3) is 5.20. The van der Waals surface area contributed by atoms with Gasteiger partial charge in [-0.2, -0.15) is 5.26 Å². The van der Waals surface area contributed by atoms with Gasteiger partial charge in [-0.3, -0.25) is 15.0 Å². The number of rotatable bonds is 8. The number of fused-ring (bicyclic) bond motifs is 1. The van der Waals surface area contributed by atoms with Crippen LogP contribution in [0.15, 0.2) is 66.7 Å². The summed E-state index contributed by atoms with van der Waals surface area (Å²) in [4.78, 5) is 27.3. The zero-order valence-electron chi connectivity index (χ0n) is 19.5. The van der Waals surface area contributed by atoms with Crippen molar-refractivity contribution in [3.63, 3.8) is 0 Å². The number of para-hydroxylation sites is 1. The smallest absolute Gasteiger partial charge is 0.253 e. The van der Waals surface area contributed by atoms with Gasteiger partial charge < -0.3 is 14.0 Å². The zero-order valence-corrected chi connectivity index (χ0v) is 21.1. The van der Waals surface area contributed by atoms with Crippen LogP contribution in [0.25, 0.3) is 11.0 Å². The highest BCUT2D eigenvalue weighted by Crippen LogP contribution is 2.23. The molecule has 0 fully saturated rings. The Balaban J connectivity index is 1.54. The number of hydrogen-bond acceptors (Lipinski definition) is 4. The van der Waals surface area contributed by atoms with Crippen molar-refractivity contribution in [1.82, 2.24) is 14.0 Å². The van der Waals surface area contributed by atoms with E-state index >= 15 is 0 Å². The van der Waals surface area contributed by atoms with Crippen molar-refractivity contribution in [2.45, 2.75) is 19.5 Å². The van der Waals surface area contributed by atoms with Gasteiger partial charge in [0.15, 0.2) is 5.78 Å². The number of nitrogens with zero attached hydrogens (tertiary/aromatic N) is 4. The summed E-state index contributed by atoms with van der Waals surface area (Å²) in [7, 11) is 1.70. The maximum Gasteiger partial charge on any atom is 0.253 e. The number of aromatic nitrogens is 2. The number of imidazole rings is 1. The molecule has 0 radical (unpaired) electrons. The highest BCUT2D eigenvalue weighted by molar-refractivity contribution is 6.35. The Morgan fingerprint density at radius 2 is 1.72 bits per heavy atom. The van der Waals surface area contributed by atoms with E-state index in [4.69, 9.17) is 33.9 Å². The molecule has 0 aliphatic heterocycles. The topological polar surface area (TPSA) is 94.9 Å². The van der Waals surface area contributed by atoms with E-state index in [2.05, 4.69) is 0 Å². The van der Waals surface area contributed by atoms with Crippen molar-refractivity contribution in [2.24, 2.45) is 0 Å². The van der Waals surface area contributed by atoms with Crippen molar-refractivity contribution in [3.8, 4) is 6.07 Å². The van der Waals surface area contributed by atoms with Crippen LogP contribution in [0.4, 0.5) is 0 Å². The summed E-state index contributed by atoms with van der Waals surface area (Å²) in [6, 6.07) is 20.7. The molecular formula is C27H23Cl2N5O2. The number of amides is 1. The standard InChI is InChI=1S/C27H23Cl2N5O2/c1-32(26(36)20-6-2-5-18(15-20)16-30)13-4-14-33-25-22(29)7-3-8-23(25)34(27(33)31)17-24(35)19-9-11-21(28)12-10-19/h2-3,5-12,15,31H,4,13-14,17H2,1H3. The van der Waals surface area contributed by atoms with E-state index in [1.54, 1.807) is 81.7 Å². The molecule has 1 aromatic heterocycles. The normalized spacial score (nSPS) is 10.8. The second-order valence-corrected chi connectivity index (χ2v) is 9.22. The molecular weight excluding hydrogens is 497 g/mol. The minimum atomic E-state index is -0.183. The van der Waals surface area contributed by atoms with Gasteiger partial charge in [0.2, 0.25) is 5.62 Å². The van der Waals surface area contributed by atoms with E-state index < -0.39 is 0 Å². The summed E-state index contributed by atoms with van der Waals surface area (Å²) < 4.78 is 3.40. The predicted molar refractivity (Wildman–Crippen MR) is 139 cm³/mol. The fraction of sp³-hybridized carbons (Fsp3) is 0.185. The third-order valence-electron chi connectivity index (χ3n) is 5.97. The fourth-order valence-electron chi connectivity index (χ4n) is 4.11. The SMILES string of the molecule is CN(CCCn1c(=N)n(CC(=O)c2ccc(Cl)cc2)c2cccc(Cl)c21)C(=O)c1cccc(C#N)c1. The maximum absolute atomic E-state index is 12.9. The molecule has 9 heteroatoms. The number of ketones is 1. The van der Waals surface area contributed by atoms with E-state index in [0.29, 0.717) is 57.3 Å². The van der Waals surface area contributed by atoms with Crippen LogP contribution in [-0.2, 0) is 13.1 Å². The van der Waals surface area contributed by atoms with Gasteiger partial charge in [-0.15, -0.1) is 0 Å². The molecule has 4 aromatic rings. The number of hydrogen-bond donors (Lipinski definition) is 1. The van der Waals surface area contributed by atoms with Crippen LogP contribution in [0.5, 0.6) is 0 Å². The first-order chi connectivity index (χ1) is 17.3. The van der Waals surface area contributed by atoms with Crippen LogP contribution in [0.1, 0.15) is 32.7 Å². The number of Topliss-reactive ketones (excluding diaryl/α,β-unsaturated/α-hetero) is 1. The van der Waals surface area contributed by atoms with E-state index in [9.17, 15) is 9.59 Å². The summed E-state index contributed by atoms with van der Waals surface area (Å²) in [6.45, 7) is 0.845. The molecule has 1 heterocycles. The predicted octanol–water partition coefficient (Wildman–Crippen LogP) is 5.15. The average Bonchev–Trinajstić information content (AvgIpc) is 3.15. The molecule has 36 heavy (non-hydrogen) atoms. The van der Waals surface area contributed by atoms with Crippen molar-refractivity contribution >= 4 is 45.9 Å². The quantitative estimate of drug-likeness (QED) is 0.326. The first-order valence-corrected chi connectivity index (χ1v) is 12.0. The molecule has 0 saturated carbocycles. The molecule has 1 amide bonds. The highest BCUT2D eigenvalue weighted by atomic mass is 35.5. The van der Waals surface area contributed by atoms with E-state index in [1.165, 1.54) is 0 Å². The Morgan fingerprint density at radius 1 is 1.00 bits per heavy atom. The van der Waals surface area contributed by atoms with Crippen LogP contribution in [-0.4, -0.2) is 39.3 Å². The number of aryl methyl sites for hydroxylation is 1. The number of carbonyl (C=O) groups is 2. The molecule has 0 spiro atoms. The summed E-state index contributed by atoms with van der Waals surface area (Å²) in [5.74, 6) is -0.327. The van der Waals surface area contributed by atoms with Gasteiger partial charge in [0, 0.05) is 36.3 Å². The van der Waals surface area contributed by atoms with Crippen LogP contribution in [0.2, 0.25) is 10.0 Å². The largest absolute Gasteiger partial charge is 0.342 e. The van der Waals surface area contributed by atoms with Gasteiger partial charge in [-0.05, 0) is 61.0 Å². The lowest BCUT2D eigenvalue weighted by molar-refractivity contribution is 0.0791. The number of carbonyl (C=O) groups excluding carboxylic acids is 2. The van der Waals surface area contributed by atoms with Gasteiger partial charge in [0.05, 0.1) is 34.2 Å². The second-order valence-electron chi connectivity index (χ2n) is 8.37. The van der Waals surface area contributed by atoms with Crippen LogP contribution in [0, 0.1) is 16.7 Å². The fourth-order valence-corrected chi connectivity index (χ4v) is 4.51. The summed E-state index contributed by atoms with van der Waals surface area (Å²) in [6.07, 6.45) is 0.562. The number of nitrogens with one attached hydrogen (secondary N) is 1. The Labute approximate surface area is 218 Å². The maximum atomic E-state index is 12.9. The third-order valence-corrected chi connectivity index (χ3v) is 6.52. The van der Waals surface area contributed by atoms with Crippen molar-refractivity contribution in [1.29, 1.82) is 10.7 Å². The minimum Gasteiger partial charge on any atom is -0.342 e. The van der Waals surface area contributed by atoms with E-state index in [0.717, 1.165) is 0 Å². The van der Waals surface area contributed by atoms with Gasteiger partial charge >= 0.3 is 0 Å². The monoisotopic (exact) mass is 519 g/mol. The molecule has 0 atom stereocenters. The number of halogens is 2. The van der Waals surface area contributed by atoms with Gasteiger partial charge in [0.1, 0.15) is 0 Å². The van der Waals surface area contributed by atoms with Crippen LogP contribution in [0.3, 0.4) is 0 Å². The Bertz CT molecular complexity index is 1550. The van der Waals surface area contributed by atoms with Crippen molar-refractivity contribution in [3.05, 3.63) is 99.1 Å². The van der Waals surface area contributed by atoms with Crippen LogP contribution < -0.4 is 5.62 Å². The first kappa shape index (κ1) is 25.2. The molecule has 0 aliphatic carbocycles. The Kier molecular flexibility index (Phi) is 7.58. The summed E-state index contributed by atoms with van der Waals surface area (Å²) >= 11 is 12.4. The van der Waals surface area contributed by atoms with E-state index in [-0.39, 0.29) is 23.9 Å². The van der Waals surface area contributed by atoms with Crippen molar-refractivity contribution < 1.29 is 9.59 Å². The molecule has 1 N–H and O–H groups in total. The van der Waals surface area contributed by atoms with Crippen molar-refractivity contribution in [2.75, 3.05) is 13.6 Å².